The highest BCUT2D eigenvalue weighted by Crippen LogP contribution is 2.18. The van der Waals surface area contributed by atoms with Gasteiger partial charge >= 0.3 is 0 Å². The zero-order chi connectivity index (χ0) is 25.2. The molecule has 35 heavy (non-hydrogen) atoms. The molecule has 9 nitrogen and oxygen atoms in total. The summed E-state index contributed by atoms with van der Waals surface area (Å²) in [6.45, 7) is 1.72. The van der Waals surface area contributed by atoms with E-state index in [-0.39, 0.29) is 12.0 Å². The lowest BCUT2D eigenvalue weighted by Gasteiger charge is -2.18. The third kappa shape index (κ3) is 6.67. The van der Waals surface area contributed by atoms with Gasteiger partial charge in [-0.05, 0) is 55.0 Å². The summed E-state index contributed by atoms with van der Waals surface area (Å²) in [4.78, 5) is 50.3. The van der Waals surface area contributed by atoms with Gasteiger partial charge in [0, 0.05) is 11.1 Å². The highest BCUT2D eigenvalue weighted by Gasteiger charge is 2.22. The second kappa shape index (κ2) is 12.0. The molecule has 0 heterocycles. The first kappa shape index (κ1) is 25.0. The molecule has 0 spiro atoms. The smallest absolute Gasteiger partial charge is 0.269 e. The van der Waals surface area contributed by atoms with Crippen LogP contribution >= 0.6 is 0 Å². The molecule has 9 heteroatoms. The van der Waals surface area contributed by atoms with Crippen LogP contribution in [0.2, 0.25) is 0 Å². The van der Waals surface area contributed by atoms with E-state index < -0.39 is 29.7 Å². The van der Waals surface area contributed by atoms with Gasteiger partial charge in [0.05, 0.1) is 18.4 Å². The van der Waals surface area contributed by atoms with E-state index >= 15 is 0 Å². The summed E-state index contributed by atoms with van der Waals surface area (Å²) in [7, 11) is 1.53. The van der Waals surface area contributed by atoms with Crippen molar-refractivity contribution in [3.63, 3.8) is 0 Å². The average molecular weight is 475 g/mol. The number of rotatable bonds is 8. The topological polar surface area (TPSA) is 126 Å². The van der Waals surface area contributed by atoms with Gasteiger partial charge in [0.25, 0.3) is 23.6 Å². The van der Waals surface area contributed by atoms with Gasteiger partial charge in [0.15, 0.2) is 0 Å². The summed E-state index contributed by atoms with van der Waals surface area (Å²) in [5, 5.41) is 5.37. The molecule has 4 amide bonds. The number of methoxy groups -OCH3 is 1. The maximum atomic E-state index is 13.0. The van der Waals surface area contributed by atoms with Crippen LogP contribution in [0.1, 0.15) is 44.4 Å². The molecule has 1 atom stereocenters. The molecular formula is C26H26N4O5. The first-order valence-corrected chi connectivity index (χ1v) is 10.9. The van der Waals surface area contributed by atoms with E-state index in [1.54, 1.807) is 85.8 Å². The Balaban J connectivity index is 1.64. The molecule has 180 valence electrons. The lowest BCUT2D eigenvalue weighted by molar-refractivity contribution is -0.123. The van der Waals surface area contributed by atoms with Gasteiger partial charge in [0.1, 0.15) is 11.8 Å². The standard InChI is InChI=1S/C26H26N4O5/c1-3-21(26(34)30-29-24(32)17-9-5-4-6-10-17)27-25(33)20-11-7-8-12-22(20)28-23(31)18-13-15-19(35-2)16-14-18/h4-16,21H,3H2,1-2H3,(H,27,33)(H,28,31)(H,29,32)(H,30,34)/t21-/m0/s1. The molecule has 0 bridgehead atoms. The maximum Gasteiger partial charge on any atom is 0.269 e. The van der Waals surface area contributed by atoms with Crippen molar-refractivity contribution in [2.75, 3.05) is 12.4 Å². The SMILES string of the molecule is CC[C@H](NC(=O)c1ccccc1NC(=O)c1ccc(OC)cc1)C(=O)NNC(=O)c1ccccc1. The molecule has 3 aromatic carbocycles. The lowest BCUT2D eigenvalue weighted by Crippen LogP contribution is -2.52. The van der Waals surface area contributed by atoms with E-state index in [1.165, 1.54) is 7.11 Å². The minimum Gasteiger partial charge on any atom is -0.497 e. The average Bonchev–Trinajstić information content (AvgIpc) is 2.90. The van der Waals surface area contributed by atoms with Gasteiger partial charge in [-0.25, -0.2) is 0 Å². The fourth-order valence-electron chi connectivity index (χ4n) is 3.18. The minimum absolute atomic E-state index is 0.189. The molecule has 0 fully saturated rings. The monoisotopic (exact) mass is 474 g/mol. The summed E-state index contributed by atoms with van der Waals surface area (Å²) in [6.07, 6.45) is 0.277. The molecule has 4 N–H and O–H groups in total. The van der Waals surface area contributed by atoms with Crippen molar-refractivity contribution in [1.29, 1.82) is 0 Å². The van der Waals surface area contributed by atoms with Crippen LogP contribution in [0.15, 0.2) is 78.9 Å². The van der Waals surface area contributed by atoms with Crippen LogP contribution in [0.3, 0.4) is 0 Å². The Morgan fingerprint density at radius 2 is 1.37 bits per heavy atom. The fourth-order valence-corrected chi connectivity index (χ4v) is 3.18. The Morgan fingerprint density at radius 3 is 2.03 bits per heavy atom. The number of hydrazine groups is 1. The molecular weight excluding hydrogens is 448 g/mol. The Kier molecular flexibility index (Phi) is 8.55. The Morgan fingerprint density at radius 1 is 0.743 bits per heavy atom. The van der Waals surface area contributed by atoms with Crippen molar-refractivity contribution in [1.82, 2.24) is 16.2 Å². The maximum absolute atomic E-state index is 13.0. The number of hydrogen-bond acceptors (Lipinski definition) is 5. The normalized spacial score (nSPS) is 11.0. The zero-order valence-corrected chi connectivity index (χ0v) is 19.3. The van der Waals surface area contributed by atoms with Crippen LogP contribution in [0.25, 0.3) is 0 Å². The molecule has 0 aliphatic rings. The highest BCUT2D eigenvalue weighted by atomic mass is 16.5. The Bertz CT molecular complexity index is 1200. The predicted octanol–water partition coefficient (Wildman–Crippen LogP) is 2.92. The van der Waals surface area contributed by atoms with Gasteiger partial charge in [-0.1, -0.05) is 37.3 Å². The van der Waals surface area contributed by atoms with Crippen LogP contribution in [-0.4, -0.2) is 36.8 Å². The van der Waals surface area contributed by atoms with Crippen molar-refractivity contribution in [3.05, 3.63) is 95.6 Å². The number of para-hydroxylation sites is 1. The van der Waals surface area contributed by atoms with Crippen LogP contribution in [0.4, 0.5) is 5.69 Å². The van der Waals surface area contributed by atoms with Crippen LogP contribution in [0, 0.1) is 0 Å². The fraction of sp³-hybridized carbons (Fsp3) is 0.154. The van der Waals surface area contributed by atoms with Gasteiger partial charge in [-0.15, -0.1) is 0 Å². The van der Waals surface area contributed by atoms with Crippen molar-refractivity contribution in [2.45, 2.75) is 19.4 Å². The third-order valence-corrected chi connectivity index (χ3v) is 5.14. The number of ether oxygens (including phenoxy) is 1. The molecule has 0 radical (unpaired) electrons. The zero-order valence-electron chi connectivity index (χ0n) is 19.3. The quantitative estimate of drug-likeness (QED) is 0.374. The van der Waals surface area contributed by atoms with E-state index in [9.17, 15) is 19.2 Å². The number of carbonyl (C=O) groups excluding carboxylic acids is 4. The van der Waals surface area contributed by atoms with E-state index in [2.05, 4.69) is 21.5 Å². The number of anilines is 1. The molecule has 0 unspecified atom stereocenters. The highest BCUT2D eigenvalue weighted by molar-refractivity contribution is 6.09. The van der Waals surface area contributed by atoms with Gasteiger partial charge in [0.2, 0.25) is 0 Å². The van der Waals surface area contributed by atoms with E-state index in [0.717, 1.165) is 0 Å². The first-order valence-electron chi connectivity index (χ1n) is 10.9. The van der Waals surface area contributed by atoms with Gasteiger partial charge in [-0.2, -0.15) is 0 Å². The first-order chi connectivity index (χ1) is 16.9. The van der Waals surface area contributed by atoms with Gasteiger partial charge in [-0.3, -0.25) is 30.0 Å². The van der Waals surface area contributed by atoms with Crippen molar-refractivity contribution < 1.29 is 23.9 Å². The van der Waals surface area contributed by atoms with Crippen molar-refractivity contribution >= 4 is 29.3 Å². The second-order valence-corrected chi connectivity index (χ2v) is 7.47. The molecule has 3 aromatic rings. The Labute approximate surface area is 202 Å². The van der Waals surface area contributed by atoms with E-state index in [1.807, 2.05) is 0 Å². The summed E-state index contributed by atoms with van der Waals surface area (Å²) in [5.74, 6) is -1.39. The molecule has 0 saturated carbocycles. The predicted molar refractivity (Wildman–Crippen MR) is 131 cm³/mol. The largest absolute Gasteiger partial charge is 0.497 e. The summed E-state index contributed by atoms with van der Waals surface area (Å²) in [5.41, 5.74) is 5.92. The Hall–Kier alpha value is -4.66. The number of benzene rings is 3. The van der Waals surface area contributed by atoms with E-state index in [0.29, 0.717) is 22.6 Å². The molecule has 0 aromatic heterocycles. The summed E-state index contributed by atoms with van der Waals surface area (Å²) >= 11 is 0. The van der Waals surface area contributed by atoms with Crippen LogP contribution in [-0.2, 0) is 4.79 Å². The van der Waals surface area contributed by atoms with Crippen LogP contribution < -0.4 is 26.2 Å². The number of carbonyl (C=O) groups is 4. The molecule has 3 rings (SSSR count). The van der Waals surface area contributed by atoms with E-state index in [4.69, 9.17) is 4.74 Å². The summed E-state index contributed by atoms with van der Waals surface area (Å²) in [6, 6.07) is 20.5. The van der Waals surface area contributed by atoms with Crippen molar-refractivity contribution in [2.24, 2.45) is 0 Å². The third-order valence-electron chi connectivity index (χ3n) is 5.14. The van der Waals surface area contributed by atoms with Crippen LogP contribution in [0.5, 0.6) is 5.75 Å². The lowest BCUT2D eigenvalue weighted by atomic mass is 10.1. The molecule has 0 saturated heterocycles. The number of nitrogens with one attached hydrogen (secondary N) is 4. The minimum atomic E-state index is -0.913. The molecule has 0 aliphatic heterocycles. The summed E-state index contributed by atoms with van der Waals surface area (Å²) < 4.78 is 5.10. The molecule has 0 aliphatic carbocycles. The number of amides is 4. The van der Waals surface area contributed by atoms with Crippen molar-refractivity contribution in [3.8, 4) is 5.75 Å². The number of hydrogen-bond donors (Lipinski definition) is 4. The second-order valence-electron chi connectivity index (χ2n) is 7.47. The van der Waals surface area contributed by atoms with Gasteiger partial charge < -0.3 is 15.4 Å².